The number of alkyl halides is 3. The summed E-state index contributed by atoms with van der Waals surface area (Å²) in [6, 6.07) is 17.8. The molecule has 6 nitrogen and oxygen atoms in total. The van der Waals surface area contributed by atoms with Gasteiger partial charge < -0.3 is 5.32 Å². The van der Waals surface area contributed by atoms with Crippen LogP contribution in [-0.2, 0) is 22.7 Å². The first-order chi connectivity index (χ1) is 17.0. The lowest BCUT2D eigenvalue weighted by Crippen LogP contribution is -2.48. The SMILES string of the molecule is O=C(Nc1cc(C(F)(F)F)ccc1Cl)c1cccc(CN2CCN(S(=O)(=O)c3ccccc3)CC2)c1. The van der Waals surface area contributed by atoms with Gasteiger partial charge in [-0.2, -0.15) is 17.5 Å². The summed E-state index contributed by atoms with van der Waals surface area (Å²) in [4.78, 5) is 15.1. The van der Waals surface area contributed by atoms with Crippen LogP contribution in [0, 0.1) is 0 Å². The highest BCUT2D eigenvalue weighted by Gasteiger charge is 2.31. The molecule has 0 spiro atoms. The first kappa shape index (κ1) is 26.2. The van der Waals surface area contributed by atoms with E-state index in [1.54, 1.807) is 48.5 Å². The number of nitrogens with one attached hydrogen (secondary N) is 1. The number of hydrogen-bond acceptors (Lipinski definition) is 4. The smallest absolute Gasteiger partial charge is 0.321 e. The molecule has 190 valence electrons. The van der Waals surface area contributed by atoms with Crippen LogP contribution in [0.15, 0.2) is 77.7 Å². The van der Waals surface area contributed by atoms with Crippen LogP contribution in [0.5, 0.6) is 0 Å². The Morgan fingerprint density at radius 3 is 2.28 bits per heavy atom. The molecule has 1 amide bonds. The van der Waals surface area contributed by atoms with Crippen molar-refractivity contribution in [1.29, 1.82) is 0 Å². The van der Waals surface area contributed by atoms with Crippen molar-refractivity contribution in [2.24, 2.45) is 0 Å². The lowest BCUT2D eigenvalue weighted by molar-refractivity contribution is -0.137. The lowest BCUT2D eigenvalue weighted by atomic mass is 10.1. The second-order valence-corrected chi connectivity index (χ2v) is 10.7. The van der Waals surface area contributed by atoms with Gasteiger partial charge in [0.05, 0.1) is 21.2 Å². The van der Waals surface area contributed by atoms with E-state index in [4.69, 9.17) is 11.6 Å². The molecule has 0 saturated carbocycles. The van der Waals surface area contributed by atoms with Crippen LogP contribution in [0.3, 0.4) is 0 Å². The van der Waals surface area contributed by atoms with Crippen molar-refractivity contribution in [2.75, 3.05) is 31.5 Å². The largest absolute Gasteiger partial charge is 0.416 e. The molecular weight excluding hydrogens is 515 g/mol. The van der Waals surface area contributed by atoms with Gasteiger partial charge in [-0.1, -0.05) is 41.9 Å². The fourth-order valence-corrected chi connectivity index (χ4v) is 5.54. The third-order valence-electron chi connectivity index (χ3n) is 5.85. The maximum atomic E-state index is 13.0. The predicted molar refractivity (Wildman–Crippen MR) is 131 cm³/mol. The number of sulfonamides is 1. The number of benzene rings is 3. The molecule has 0 atom stereocenters. The van der Waals surface area contributed by atoms with Crippen molar-refractivity contribution in [1.82, 2.24) is 9.21 Å². The van der Waals surface area contributed by atoms with Crippen LogP contribution in [-0.4, -0.2) is 49.7 Å². The molecule has 1 fully saturated rings. The molecular formula is C25H23ClF3N3O3S. The third kappa shape index (κ3) is 6.07. The molecule has 36 heavy (non-hydrogen) atoms. The number of hydrogen-bond donors (Lipinski definition) is 1. The maximum absolute atomic E-state index is 13.0. The average molecular weight is 538 g/mol. The molecule has 1 aliphatic heterocycles. The number of amides is 1. The number of carbonyl (C=O) groups is 1. The molecule has 1 saturated heterocycles. The molecule has 3 aromatic carbocycles. The zero-order valence-electron chi connectivity index (χ0n) is 19.0. The molecule has 0 unspecified atom stereocenters. The molecule has 11 heteroatoms. The molecule has 0 bridgehead atoms. The minimum Gasteiger partial charge on any atom is -0.321 e. The summed E-state index contributed by atoms with van der Waals surface area (Å²) in [7, 11) is -3.55. The Kier molecular flexibility index (Phi) is 7.70. The Hall–Kier alpha value is -2.92. The van der Waals surface area contributed by atoms with Gasteiger partial charge in [-0.3, -0.25) is 9.69 Å². The van der Waals surface area contributed by atoms with Gasteiger partial charge >= 0.3 is 6.18 Å². The fraction of sp³-hybridized carbons (Fsp3) is 0.240. The molecule has 4 rings (SSSR count). The lowest BCUT2D eigenvalue weighted by Gasteiger charge is -2.34. The van der Waals surface area contributed by atoms with E-state index in [2.05, 4.69) is 10.2 Å². The van der Waals surface area contributed by atoms with Crippen LogP contribution < -0.4 is 5.32 Å². The van der Waals surface area contributed by atoms with Crippen molar-refractivity contribution in [3.63, 3.8) is 0 Å². The number of halogens is 4. The molecule has 0 aromatic heterocycles. The van der Waals surface area contributed by atoms with Crippen LogP contribution in [0.1, 0.15) is 21.5 Å². The van der Waals surface area contributed by atoms with Crippen LogP contribution in [0.4, 0.5) is 18.9 Å². The Morgan fingerprint density at radius 1 is 0.917 bits per heavy atom. The van der Waals surface area contributed by atoms with Crippen molar-refractivity contribution in [3.05, 3.63) is 94.5 Å². The molecule has 3 aromatic rings. The highest BCUT2D eigenvalue weighted by atomic mass is 35.5. The van der Waals surface area contributed by atoms with Gasteiger partial charge in [0.25, 0.3) is 5.91 Å². The summed E-state index contributed by atoms with van der Waals surface area (Å²) in [6.45, 7) is 2.20. The Labute approximate surface area is 212 Å². The predicted octanol–water partition coefficient (Wildman–Crippen LogP) is 5.12. The Balaban J connectivity index is 1.39. The van der Waals surface area contributed by atoms with E-state index in [1.165, 1.54) is 4.31 Å². The van der Waals surface area contributed by atoms with E-state index in [-0.39, 0.29) is 21.2 Å². The summed E-state index contributed by atoms with van der Waals surface area (Å²) < 4.78 is 66.1. The van der Waals surface area contributed by atoms with Crippen LogP contribution >= 0.6 is 11.6 Å². The number of piperazine rings is 1. The van der Waals surface area contributed by atoms with Crippen molar-refractivity contribution < 1.29 is 26.4 Å². The van der Waals surface area contributed by atoms with Gasteiger partial charge in [0.2, 0.25) is 10.0 Å². The van der Waals surface area contributed by atoms with Crippen molar-refractivity contribution in [3.8, 4) is 0 Å². The van der Waals surface area contributed by atoms with Crippen LogP contribution in [0.2, 0.25) is 5.02 Å². The molecule has 1 heterocycles. The number of nitrogens with zero attached hydrogens (tertiary/aromatic N) is 2. The van der Waals surface area contributed by atoms with Gasteiger partial charge in [-0.25, -0.2) is 8.42 Å². The normalized spacial score (nSPS) is 15.6. The summed E-state index contributed by atoms with van der Waals surface area (Å²) in [6.07, 6.45) is -4.56. The van der Waals surface area contributed by atoms with Gasteiger partial charge in [0.15, 0.2) is 0 Å². The van der Waals surface area contributed by atoms with Gasteiger partial charge in [-0.05, 0) is 48.0 Å². The average Bonchev–Trinajstić information content (AvgIpc) is 2.86. The highest BCUT2D eigenvalue weighted by molar-refractivity contribution is 7.89. The zero-order valence-corrected chi connectivity index (χ0v) is 20.6. The first-order valence-electron chi connectivity index (χ1n) is 11.1. The molecule has 1 aliphatic rings. The topological polar surface area (TPSA) is 69.7 Å². The third-order valence-corrected chi connectivity index (χ3v) is 8.09. The van der Waals surface area contributed by atoms with Gasteiger partial charge in [-0.15, -0.1) is 0 Å². The van der Waals surface area contributed by atoms with Gasteiger partial charge in [0, 0.05) is 38.3 Å². The standard InChI is InChI=1S/C25H23ClF3N3O3S/c26-22-10-9-20(25(27,28)29)16-23(22)30-24(33)19-6-4-5-18(15-19)17-31-11-13-32(14-12-31)36(34,35)21-7-2-1-3-8-21/h1-10,15-16H,11-14,17H2,(H,30,33). The van der Waals surface area contributed by atoms with E-state index >= 15 is 0 Å². The maximum Gasteiger partial charge on any atom is 0.416 e. The minimum atomic E-state index is -4.56. The van der Waals surface area contributed by atoms with E-state index in [1.807, 2.05) is 6.07 Å². The van der Waals surface area contributed by atoms with E-state index in [9.17, 15) is 26.4 Å². The summed E-state index contributed by atoms with van der Waals surface area (Å²) in [5.74, 6) is -0.586. The quantitative estimate of drug-likeness (QED) is 0.474. The van der Waals surface area contributed by atoms with Crippen LogP contribution in [0.25, 0.3) is 0 Å². The number of carbonyl (C=O) groups excluding carboxylic acids is 1. The summed E-state index contributed by atoms with van der Waals surface area (Å²) in [5, 5.41) is 2.45. The minimum absolute atomic E-state index is 0.00386. The Morgan fingerprint density at radius 2 is 1.61 bits per heavy atom. The second kappa shape index (κ2) is 10.6. The highest BCUT2D eigenvalue weighted by Crippen LogP contribution is 2.34. The zero-order chi connectivity index (χ0) is 25.9. The van der Waals surface area contributed by atoms with E-state index in [0.29, 0.717) is 32.7 Å². The van der Waals surface area contributed by atoms with E-state index in [0.717, 1.165) is 23.8 Å². The fourth-order valence-electron chi connectivity index (χ4n) is 3.93. The summed E-state index contributed by atoms with van der Waals surface area (Å²) >= 11 is 5.99. The number of rotatable bonds is 6. The Bertz CT molecular complexity index is 1340. The molecule has 0 radical (unpaired) electrons. The second-order valence-electron chi connectivity index (χ2n) is 8.34. The van der Waals surface area contributed by atoms with Crippen molar-refractivity contribution >= 4 is 33.2 Å². The molecule has 0 aliphatic carbocycles. The summed E-state index contributed by atoms with van der Waals surface area (Å²) in [5.41, 5.74) is 0.0467. The van der Waals surface area contributed by atoms with E-state index < -0.39 is 27.7 Å². The first-order valence-corrected chi connectivity index (χ1v) is 12.9. The monoisotopic (exact) mass is 537 g/mol. The van der Waals surface area contributed by atoms with Gasteiger partial charge in [0.1, 0.15) is 0 Å². The number of anilines is 1. The molecule has 1 N–H and O–H groups in total. The van der Waals surface area contributed by atoms with Crippen molar-refractivity contribution in [2.45, 2.75) is 17.6 Å².